The molecule has 6 heteroatoms. The molecule has 2 rings (SSSR count). The Kier molecular flexibility index (Phi) is 12.8. The van der Waals surface area contributed by atoms with Crippen LogP contribution in [-0.4, -0.2) is 32.7 Å². The van der Waals surface area contributed by atoms with Crippen molar-refractivity contribution in [2.75, 3.05) is 21.1 Å². The summed E-state index contributed by atoms with van der Waals surface area (Å²) < 4.78 is 0. The van der Waals surface area contributed by atoms with Crippen LogP contribution in [0, 0.1) is 0 Å². The van der Waals surface area contributed by atoms with Gasteiger partial charge in [0.15, 0.2) is 11.6 Å². The highest BCUT2D eigenvalue weighted by molar-refractivity contribution is 6.10. The highest BCUT2D eigenvalue weighted by Crippen LogP contribution is 2.08. The third-order valence-corrected chi connectivity index (χ3v) is 4.18. The zero-order valence-electron chi connectivity index (χ0n) is 17.0. The average molecular weight is 435 g/mol. The summed E-state index contributed by atoms with van der Waals surface area (Å²) in [6.07, 6.45) is 6.33. The van der Waals surface area contributed by atoms with E-state index in [1.54, 1.807) is 12.2 Å². The Labute approximate surface area is 185 Å². The number of carbonyl (C=O) groups excluding carboxylic acids is 2. The second-order valence-corrected chi connectivity index (χ2v) is 6.75. The second-order valence-electron chi connectivity index (χ2n) is 6.75. The number of allylic oxidation sites excluding steroid dienone is 2. The number of quaternary nitrogens is 2. The van der Waals surface area contributed by atoms with Crippen molar-refractivity contribution in [2.45, 2.75) is 13.0 Å². The molecule has 4 nitrogen and oxygen atoms in total. The molecule has 0 aliphatic carbocycles. The van der Waals surface area contributed by atoms with Crippen molar-refractivity contribution < 1.29 is 44.6 Å². The highest BCUT2D eigenvalue weighted by atomic mass is 35.5. The first-order chi connectivity index (χ1) is 13.0. The van der Waals surface area contributed by atoms with Crippen molar-refractivity contribution >= 4 is 29.4 Å². The van der Waals surface area contributed by atoms with Gasteiger partial charge in [-0.1, -0.05) is 36.4 Å². The fourth-order valence-electron chi connectivity index (χ4n) is 2.60. The molecule has 2 aromatic carbocycles. The number of halogens is 2. The van der Waals surface area contributed by atoms with Gasteiger partial charge in [0.2, 0.25) is 0 Å². The van der Waals surface area contributed by atoms with E-state index in [0.29, 0.717) is 0 Å². The molecule has 2 aromatic rings. The maximum atomic E-state index is 12.0. The molecule has 156 valence electrons. The zero-order chi connectivity index (χ0) is 19.6. The molecule has 0 heterocycles. The number of carbonyl (C=O) groups is 2. The van der Waals surface area contributed by atoms with Gasteiger partial charge >= 0.3 is 0 Å². The number of nitrogens with one attached hydrogen (secondary N) is 1. The lowest BCUT2D eigenvalue weighted by Crippen LogP contribution is -3.00. The molecule has 0 atom stereocenters. The second kappa shape index (κ2) is 13.9. The van der Waals surface area contributed by atoms with Crippen molar-refractivity contribution in [2.24, 2.45) is 0 Å². The fourth-order valence-corrected chi connectivity index (χ4v) is 2.60. The predicted molar refractivity (Wildman–Crippen MR) is 110 cm³/mol. The van der Waals surface area contributed by atoms with E-state index in [1.807, 2.05) is 55.6 Å². The van der Waals surface area contributed by atoms with Gasteiger partial charge in [-0.15, -0.1) is 0 Å². The van der Waals surface area contributed by atoms with Crippen LogP contribution in [0.3, 0.4) is 0 Å². The van der Waals surface area contributed by atoms with E-state index in [9.17, 15) is 9.59 Å². The standard InChI is InChI=1S/C23H26N2O2.2ClH/c1-24-17-20-6-4-18(5-7-20)10-14-22(26)16-23(27)15-11-19-8-12-21(13-9-19)25(2)3;;/h4-15,24H,16-17H2,1-3H3;2*1H/b14-10+,15-11+;;. The van der Waals surface area contributed by atoms with E-state index in [0.717, 1.165) is 17.7 Å². The van der Waals surface area contributed by atoms with Gasteiger partial charge in [-0.3, -0.25) is 9.59 Å². The fraction of sp³-hybridized carbons (Fsp3) is 0.217. The van der Waals surface area contributed by atoms with Gasteiger partial charge in [-0.2, -0.15) is 0 Å². The lowest BCUT2D eigenvalue weighted by atomic mass is 10.1. The van der Waals surface area contributed by atoms with Crippen LogP contribution in [0.5, 0.6) is 0 Å². The molecule has 0 fully saturated rings. The molecule has 0 unspecified atom stereocenters. The van der Waals surface area contributed by atoms with Crippen molar-refractivity contribution in [3.63, 3.8) is 0 Å². The molecule has 0 aromatic heterocycles. The maximum Gasteiger partial charge on any atom is 0.163 e. The van der Waals surface area contributed by atoms with Crippen LogP contribution >= 0.6 is 0 Å². The van der Waals surface area contributed by atoms with Crippen molar-refractivity contribution in [3.05, 3.63) is 77.4 Å². The van der Waals surface area contributed by atoms with Gasteiger partial charge in [-0.25, -0.2) is 0 Å². The minimum atomic E-state index is -0.194. The van der Waals surface area contributed by atoms with E-state index in [1.165, 1.54) is 28.3 Å². The Bertz CT molecular complexity index is 827. The lowest BCUT2D eigenvalue weighted by Gasteiger charge is -2.05. The number of rotatable bonds is 9. The Morgan fingerprint density at radius 2 is 1.28 bits per heavy atom. The monoisotopic (exact) mass is 434 g/mol. The van der Waals surface area contributed by atoms with E-state index >= 15 is 0 Å². The largest absolute Gasteiger partial charge is 1.00 e. The van der Waals surface area contributed by atoms with Gasteiger partial charge in [0.25, 0.3) is 0 Å². The highest BCUT2D eigenvalue weighted by Gasteiger charge is 2.04. The summed E-state index contributed by atoms with van der Waals surface area (Å²) >= 11 is 0. The molecule has 0 saturated carbocycles. The van der Waals surface area contributed by atoms with E-state index < -0.39 is 0 Å². The van der Waals surface area contributed by atoms with Crippen LogP contribution in [0.1, 0.15) is 23.1 Å². The quantitative estimate of drug-likeness (QED) is 0.308. The summed E-state index contributed by atoms with van der Waals surface area (Å²) in [5.74, 6) is -0.386. The Balaban J connectivity index is 0.00000392. The van der Waals surface area contributed by atoms with Gasteiger partial charge in [0.1, 0.15) is 12.2 Å². The summed E-state index contributed by atoms with van der Waals surface area (Å²) in [7, 11) is 6.15. The van der Waals surface area contributed by atoms with Gasteiger partial charge in [0, 0.05) is 5.56 Å². The topological polar surface area (TPSA) is 55.2 Å². The summed E-state index contributed by atoms with van der Waals surface area (Å²) in [6, 6.07) is 16.0. The molecule has 0 amide bonds. The molecule has 0 spiro atoms. The molecule has 3 N–H and O–H groups in total. The van der Waals surface area contributed by atoms with E-state index in [2.05, 4.69) is 19.4 Å². The molecular formula is C23H28Cl2N2O2. The summed E-state index contributed by atoms with van der Waals surface area (Å²) in [5.41, 5.74) is 4.32. The average Bonchev–Trinajstić information content (AvgIpc) is 2.66. The van der Waals surface area contributed by atoms with Crippen LogP contribution in [0.25, 0.3) is 12.2 Å². The third kappa shape index (κ3) is 9.68. The van der Waals surface area contributed by atoms with Crippen LogP contribution in [0.15, 0.2) is 60.7 Å². The number of nitrogens with two attached hydrogens (primary N) is 1. The lowest BCUT2D eigenvalue weighted by molar-refractivity contribution is -0.786. The summed E-state index contributed by atoms with van der Waals surface area (Å²) in [5, 5.41) is 2.10. The Morgan fingerprint density at radius 1 is 0.828 bits per heavy atom. The minimum Gasteiger partial charge on any atom is -1.00 e. The normalized spacial score (nSPS) is 10.8. The maximum absolute atomic E-state index is 12.0. The number of ketones is 2. The molecule has 29 heavy (non-hydrogen) atoms. The van der Waals surface area contributed by atoms with E-state index in [-0.39, 0.29) is 42.8 Å². The first-order valence-corrected chi connectivity index (χ1v) is 9.17. The molecule has 0 aliphatic rings. The predicted octanol–water partition coefficient (Wildman–Crippen LogP) is -4.58. The summed E-state index contributed by atoms with van der Waals surface area (Å²) in [4.78, 5) is 25.2. The molecule has 0 aliphatic heterocycles. The number of hydrogen-bond acceptors (Lipinski definition) is 2. The number of hydrogen-bond donors (Lipinski definition) is 2. The Hall–Kier alpha value is -2.24. The van der Waals surface area contributed by atoms with Gasteiger partial charge < -0.3 is 35.0 Å². The zero-order valence-corrected chi connectivity index (χ0v) is 18.5. The van der Waals surface area contributed by atoms with E-state index in [4.69, 9.17) is 0 Å². The van der Waals surface area contributed by atoms with Crippen molar-refractivity contribution in [1.82, 2.24) is 0 Å². The SMILES string of the molecule is C[NH2+]Cc1ccc(/C=C/C(=O)CC(=O)/C=C/c2ccc([NH+](C)C)cc2)cc1.[Cl-].[Cl-]. The minimum absolute atomic E-state index is 0. The number of benzene rings is 2. The van der Waals surface area contributed by atoms with Gasteiger partial charge in [-0.05, 0) is 47.5 Å². The van der Waals surface area contributed by atoms with Gasteiger partial charge in [0.05, 0.1) is 27.6 Å². The van der Waals surface area contributed by atoms with Crippen LogP contribution in [0.2, 0.25) is 0 Å². The first-order valence-electron chi connectivity index (χ1n) is 9.17. The smallest absolute Gasteiger partial charge is 0.163 e. The van der Waals surface area contributed by atoms with Crippen LogP contribution in [-0.2, 0) is 16.1 Å². The molecular weight excluding hydrogens is 407 g/mol. The first kappa shape index (κ1) is 26.8. The third-order valence-electron chi connectivity index (χ3n) is 4.18. The summed E-state index contributed by atoms with van der Waals surface area (Å²) in [6.45, 7) is 0.933. The van der Waals surface area contributed by atoms with Crippen LogP contribution < -0.4 is 35.0 Å². The van der Waals surface area contributed by atoms with Crippen molar-refractivity contribution in [1.29, 1.82) is 0 Å². The molecule has 0 saturated heterocycles. The van der Waals surface area contributed by atoms with Crippen molar-refractivity contribution in [3.8, 4) is 0 Å². The Morgan fingerprint density at radius 3 is 1.69 bits per heavy atom. The molecule has 0 bridgehead atoms. The van der Waals surface area contributed by atoms with Crippen LogP contribution in [0.4, 0.5) is 5.69 Å². The molecule has 0 radical (unpaired) electrons.